The summed E-state index contributed by atoms with van der Waals surface area (Å²) in [5.41, 5.74) is -0.462. The lowest BCUT2D eigenvalue weighted by Crippen LogP contribution is -2.01. The summed E-state index contributed by atoms with van der Waals surface area (Å²) in [5.74, 6) is 0.995. The molecular formula is C21H15N3O5. The van der Waals surface area contributed by atoms with E-state index in [1.165, 1.54) is 0 Å². The molecule has 0 saturated carbocycles. The predicted molar refractivity (Wildman–Crippen MR) is 106 cm³/mol. The molecule has 0 aliphatic heterocycles. The van der Waals surface area contributed by atoms with E-state index in [2.05, 4.69) is 9.97 Å². The van der Waals surface area contributed by atoms with Gasteiger partial charge < -0.3 is 14.2 Å². The van der Waals surface area contributed by atoms with E-state index in [9.17, 15) is 10.1 Å². The van der Waals surface area contributed by atoms with Crippen LogP contribution in [0.25, 0.3) is 10.8 Å². The lowest BCUT2D eigenvalue weighted by atomic mass is 10.1. The first-order chi connectivity index (χ1) is 14.1. The summed E-state index contributed by atoms with van der Waals surface area (Å²) in [6.07, 6.45) is 1.15. The highest BCUT2D eigenvalue weighted by Crippen LogP contribution is 2.38. The van der Waals surface area contributed by atoms with Gasteiger partial charge in [0.15, 0.2) is 0 Å². The van der Waals surface area contributed by atoms with Crippen molar-refractivity contribution in [3.8, 4) is 29.0 Å². The molecule has 1 aromatic heterocycles. The van der Waals surface area contributed by atoms with Crippen LogP contribution in [0.5, 0.6) is 29.0 Å². The molecule has 0 bridgehead atoms. The number of hydrogen-bond acceptors (Lipinski definition) is 7. The highest BCUT2D eigenvalue weighted by atomic mass is 16.6. The predicted octanol–water partition coefficient (Wildman–Crippen LogP) is 5.13. The van der Waals surface area contributed by atoms with Crippen LogP contribution in [0.2, 0.25) is 0 Å². The van der Waals surface area contributed by atoms with E-state index in [1.54, 1.807) is 43.5 Å². The first-order valence-corrected chi connectivity index (χ1v) is 8.62. The first-order valence-electron chi connectivity index (χ1n) is 8.62. The molecule has 3 aromatic carbocycles. The molecule has 0 atom stereocenters. The summed E-state index contributed by atoms with van der Waals surface area (Å²) in [6, 6.07) is 19.7. The molecule has 0 N–H and O–H groups in total. The molecule has 0 radical (unpaired) electrons. The molecule has 0 spiro atoms. The van der Waals surface area contributed by atoms with Gasteiger partial charge in [0.2, 0.25) is 0 Å². The molecule has 0 aliphatic carbocycles. The number of fused-ring (bicyclic) bond motifs is 1. The number of methoxy groups -OCH3 is 1. The van der Waals surface area contributed by atoms with Crippen LogP contribution in [0.4, 0.5) is 5.69 Å². The SMILES string of the molecule is COc1ccc(Oc2ncnc(Oc3ccc4ccccc4c3)c2[N+](=O)[O-])cc1. The Morgan fingerprint density at radius 3 is 2.03 bits per heavy atom. The lowest BCUT2D eigenvalue weighted by molar-refractivity contribution is -0.387. The standard InChI is InChI=1S/C21H15N3O5/c1-27-16-8-10-17(11-9-16)28-20-19(24(25)26)21(23-13-22-20)29-18-7-6-14-4-2-3-5-15(14)12-18/h2-13H,1H3. The zero-order valence-electron chi connectivity index (χ0n) is 15.3. The summed E-state index contributed by atoms with van der Waals surface area (Å²) >= 11 is 0. The van der Waals surface area contributed by atoms with Crippen molar-refractivity contribution < 1.29 is 19.1 Å². The van der Waals surface area contributed by atoms with Gasteiger partial charge in [-0.3, -0.25) is 10.1 Å². The van der Waals surface area contributed by atoms with Gasteiger partial charge in [0.05, 0.1) is 12.0 Å². The molecule has 0 unspecified atom stereocenters. The topological polar surface area (TPSA) is 96.6 Å². The van der Waals surface area contributed by atoms with Crippen LogP contribution in [0.3, 0.4) is 0 Å². The van der Waals surface area contributed by atoms with Crippen LogP contribution in [0.15, 0.2) is 73.1 Å². The van der Waals surface area contributed by atoms with Gasteiger partial charge in [-0.1, -0.05) is 30.3 Å². The molecule has 0 aliphatic rings. The quantitative estimate of drug-likeness (QED) is 0.333. The summed E-state index contributed by atoms with van der Waals surface area (Å²) in [4.78, 5) is 18.9. The van der Waals surface area contributed by atoms with Crippen molar-refractivity contribution >= 4 is 16.5 Å². The largest absolute Gasteiger partial charge is 0.497 e. The van der Waals surface area contributed by atoms with Crippen molar-refractivity contribution in [2.24, 2.45) is 0 Å². The Morgan fingerprint density at radius 1 is 0.793 bits per heavy atom. The van der Waals surface area contributed by atoms with Gasteiger partial charge in [-0.25, -0.2) is 0 Å². The molecule has 4 aromatic rings. The van der Waals surface area contributed by atoms with Crippen LogP contribution >= 0.6 is 0 Å². The lowest BCUT2D eigenvalue weighted by Gasteiger charge is -2.09. The zero-order chi connectivity index (χ0) is 20.2. The second kappa shape index (κ2) is 7.81. The first kappa shape index (κ1) is 18.2. The third kappa shape index (κ3) is 3.91. The van der Waals surface area contributed by atoms with Crippen LogP contribution in [0, 0.1) is 10.1 Å². The summed E-state index contributed by atoms with van der Waals surface area (Å²) < 4.78 is 16.4. The van der Waals surface area contributed by atoms with Gasteiger partial charge in [0, 0.05) is 0 Å². The number of rotatable bonds is 6. The van der Waals surface area contributed by atoms with E-state index in [4.69, 9.17) is 14.2 Å². The van der Waals surface area contributed by atoms with Crippen LogP contribution < -0.4 is 14.2 Å². The van der Waals surface area contributed by atoms with Crippen molar-refractivity contribution in [2.75, 3.05) is 7.11 Å². The van der Waals surface area contributed by atoms with Crippen molar-refractivity contribution in [2.45, 2.75) is 0 Å². The maximum absolute atomic E-state index is 11.7. The molecule has 144 valence electrons. The number of hydrogen-bond donors (Lipinski definition) is 0. The normalized spacial score (nSPS) is 10.5. The van der Waals surface area contributed by atoms with E-state index < -0.39 is 10.6 Å². The molecule has 8 nitrogen and oxygen atoms in total. The minimum Gasteiger partial charge on any atom is -0.497 e. The fourth-order valence-corrected chi connectivity index (χ4v) is 2.75. The Kier molecular flexibility index (Phi) is 4.90. The third-order valence-corrected chi connectivity index (χ3v) is 4.15. The van der Waals surface area contributed by atoms with E-state index in [1.807, 2.05) is 30.3 Å². The Bertz CT molecular complexity index is 1180. The molecule has 0 fully saturated rings. The van der Waals surface area contributed by atoms with E-state index in [0.29, 0.717) is 17.2 Å². The Hall–Kier alpha value is -4.20. The van der Waals surface area contributed by atoms with E-state index in [0.717, 1.165) is 17.1 Å². The minimum absolute atomic E-state index is 0.205. The van der Waals surface area contributed by atoms with E-state index >= 15 is 0 Å². The maximum Gasteiger partial charge on any atom is 0.393 e. The number of benzene rings is 3. The molecule has 8 heteroatoms. The Labute approximate surface area is 165 Å². The number of nitrogens with zero attached hydrogens (tertiary/aromatic N) is 3. The molecule has 0 saturated heterocycles. The van der Waals surface area contributed by atoms with Crippen LogP contribution in [-0.4, -0.2) is 22.0 Å². The average molecular weight is 389 g/mol. The van der Waals surface area contributed by atoms with Gasteiger partial charge in [0.1, 0.15) is 23.6 Å². The fourth-order valence-electron chi connectivity index (χ4n) is 2.75. The average Bonchev–Trinajstić information content (AvgIpc) is 2.74. The monoisotopic (exact) mass is 389 g/mol. The zero-order valence-corrected chi connectivity index (χ0v) is 15.3. The summed E-state index contributed by atoms with van der Waals surface area (Å²) in [5, 5.41) is 13.7. The molecule has 29 heavy (non-hydrogen) atoms. The molecule has 4 rings (SSSR count). The fraction of sp³-hybridized carbons (Fsp3) is 0.0476. The van der Waals surface area contributed by atoms with Crippen molar-refractivity contribution in [3.05, 3.63) is 83.2 Å². The Morgan fingerprint density at radius 2 is 1.38 bits per heavy atom. The van der Waals surface area contributed by atoms with Gasteiger partial charge in [-0.15, -0.1) is 0 Å². The molecule has 0 amide bonds. The van der Waals surface area contributed by atoms with E-state index in [-0.39, 0.29) is 11.8 Å². The highest BCUT2D eigenvalue weighted by molar-refractivity contribution is 5.83. The smallest absolute Gasteiger partial charge is 0.393 e. The second-order valence-electron chi connectivity index (χ2n) is 5.98. The number of nitro groups is 1. The van der Waals surface area contributed by atoms with Gasteiger partial charge in [0.25, 0.3) is 0 Å². The second-order valence-corrected chi connectivity index (χ2v) is 5.98. The highest BCUT2D eigenvalue weighted by Gasteiger charge is 2.27. The van der Waals surface area contributed by atoms with Gasteiger partial charge in [-0.05, 0) is 47.2 Å². The van der Waals surface area contributed by atoms with Gasteiger partial charge >= 0.3 is 17.4 Å². The minimum atomic E-state index is -0.630. The van der Waals surface area contributed by atoms with Crippen molar-refractivity contribution in [1.29, 1.82) is 0 Å². The third-order valence-electron chi connectivity index (χ3n) is 4.15. The maximum atomic E-state index is 11.7. The number of ether oxygens (including phenoxy) is 3. The van der Waals surface area contributed by atoms with Gasteiger partial charge in [-0.2, -0.15) is 9.97 Å². The van der Waals surface area contributed by atoms with Crippen molar-refractivity contribution in [1.82, 2.24) is 9.97 Å². The Balaban J connectivity index is 1.67. The molecule has 1 heterocycles. The number of aromatic nitrogens is 2. The van der Waals surface area contributed by atoms with Crippen LogP contribution in [-0.2, 0) is 0 Å². The van der Waals surface area contributed by atoms with Crippen molar-refractivity contribution in [3.63, 3.8) is 0 Å². The molecular weight excluding hydrogens is 374 g/mol. The summed E-state index contributed by atoms with van der Waals surface area (Å²) in [7, 11) is 1.54. The van der Waals surface area contributed by atoms with Crippen LogP contribution in [0.1, 0.15) is 0 Å². The summed E-state index contributed by atoms with van der Waals surface area (Å²) in [6.45, 7) is 0.